The van der Waals surface area contributed by atoms with E-state index in [1.165, 1.54) is 0 Å². The van der Waals surface area contributed by atoms with E-state index in [-0.39, 0.29) is 0 Å². The maximum absolute atomic E-state index is 11.4. The summed E-state index contributed by atoms with van der Waals surface area (Å²) in [6.45, 7) is 5.43. The molecule has 2 aromatic carbocycles. The van der Waals surface area contributed by atoms with Crippen molar-refractivity contribution in [3.05, 3.63) is 59.7 Å². The van der Waals surface area contributed by atoms with Gasteiger partial charge in [-0.3, -0.25) is 5.32 Å². The van der Waals surface area contributed by atoms with E-state index in [0.29, 0.717) is 16.9 Å². The van der Waals surface area contributed by atoms with Gasteiger partial charge in [0.1, 0.15) is 5.60 Å². The SMILES string of the molecule is C#Cc1cccc(N)c1.C#Cc1cccc(NC(=O)OC(C)(C)C)c1. The fourth-order valence-corrected chi connectivity index (χ4v) is 1.74. The second-order valence-electron chi connectivity index (χ2n) is 6.12. The number of hydrogen-bond donors (Lipinski definition) is 2. The molecule has 0 heterocycles. The third kappa shape index (κ3) is 8.16. The average Bonchev–Trinajstić information content (AvgIpc) is 2.53. The van der Waals surface area contributed by atoms with Crippen molar-refractivity contribution in [2.75, 3.05) is 11.1 Å². The minimum absolute atomic E-state index is 0.485. The van der Waals surface area contributed by atoms with Crippen molar-refractivity contribution in [1.29, 1.82) is 0 Å². The molecule has 2 rings (SSSR count). The molecule has 0 aliphatic rings. The van der Waals surface area contributed by atoms with Gasteiger partial charge in [-0.1, -0.05) is 24.0 Å². The topological polar surface area (TPSA) is 64.3 Å². The number of carbonyl (C=O) groups is 1. The van der Waals surface area contributed by atoms with Gasteiger partial charge in [0.2, 0.25) is 0 Å². The van der Waals surface area contributed by atoms with E-state index in [1.54, 1.807) is 36.4 Å². The standard InChI is InChI=1S/C13H15NO2.C8H7N/c1-5-10-7-6-8-11(9-10)14-12(15)16-13(2,3)4;1-2-7-4-3-5-8(9)6-7/h1,6-9H,2-4H3,(H,14,15);1,3-6H,9H2. The molecule has 0 saturated carbocycles. The zero-order valence-electron chi connectivity index (χ0n) is 14.7. The Bertz CT molecular complexity index is 806. The number of amides is 1. The molecule has 0 fully saturated rings. The Morgan fingerprint density at radius 2 is 1.60 bits per heavy atom. The molecule has 3 N–H and O–H groups in total. The molecule has 0 aliphatic heterocycles. The molecular formula is C21H22N2O2. The number of rotatable bonds is 1. The molecule has 0 spiro atoms. The van der Waals surface area contributed by atoms with Gasteiger partial charge in [-0.2, -0.15) is 0 Å². The minimum atomic E-state index is -0.506. The van der Waals surface area contributed by atoms with Crippen LogP contribution < -0.4 is 11.1 Å². The fourth-order valence-electron chi connectivity index (χ4n) is 1.74. The first-order valence-corrected chi connectivity index (χ1v) is 7.62. The zero-order chi connectivity index (χ0) is 18.9. The van der Waals surface area contributed by atoms with Gasteiger partial charge in [0, 0.05) is 22.5 Å². The Morgan fingerprint density at radius 3 is 2.08 bits per heavy atom. The molecule has 0 aromatic heterocycles. The van der Waals surface area contributed by atoms with Gasteiger partial charge < -0.3 is 10.5 Å². The maximum Gasteiger partial charge on any atom is 0.412 e. The molecule has 4 nitrogen and oxygen atoms in total. The van der Waals surface area contributed by atoms with Crippen molar-refractivity contribution in [2.24, 2.45) is 0 Å². The van der Waals surface area contributed by atoms with Crippen LogP contribution in [0.25, 0.3) is 0 Å². The molecule has 128 valence electrons. The van der Waals surface area contributed by atoms with Gasteiger partial charge in [0.05, 0.1) is 0 Å². The smallest absolute Gasteiger partial charge is 0.412 e. The van der Waals surface area contributed by atoms with Crippen LogP contribution in [0.5, 0.6) is 0 Å². The first kappa shape index (κ1) is 19.7. The highest BCUT2D eigenvalue weighted by Crippen LogP contribution is 2.13. The molecule has 4 heteroatoms. The highest BCUT2D eigenvalue weighted by molar-refractivity contribution is 5.85. The van der Waals surface area contributed by atoms with Crippen LogP contribution in [0.1, 0.15) is 31.9 Å². The number of nitrogen functional groups attached to an aromatic ring is 1. The Morgan fingerprint density at radius 1 is 1.04 bits per heavy atom. The maximum atomic E-state index is 11.4. The van der Waals surface area contributed by atoms with E-state index in [4.69, 9.17) is 23.3 Å². The van der Waals surface area contributed by atoms with E-state index in [0.717, 1.165) is 5.56 Å². The van der Waals surface area contributed by atoms with Crippen LogP contribution in [-0.4, -0.2) is 11.7 Å². The van der Waals surface area contributed by atoms with E-state index < -0.39 is 11.7 Å². The molecule has 0 bridgehead atoms. The quantitative estimate of drug-likeness (QED) is 0.605. The van der Waals surface area contributed by atoms with Crippen LogP contribution in [0.2, 0.25) is 0 Å². The van der Waals surface area contributed by atoms with Crippen LogP contribution in [0, 0.1) is 24.7 Å². The molecule has 2 aromatic rings. The second kappa shape index (κ2) is 9.05. The second-order valence-corrected chi connectivity index (χ2v) is 6.12. The number of ether oxygens (including phenoxy) is 1. The monoisotopic (exact) mass is 334 g/mol. The summed E-state index contributed by atoms with van der Waals surface area (Å²) in [6, 6.07) is 14.3. The summed E-state index contributed by atoms with van der Waals surface area (Å²) in [5.74, 6) is 4.98. The summed E-state index contributed by atoms with van der Waals surface area (Å²) >= 11 is 0. The highest BCUT2D eigenvalue weighted by Gasteiger charge is 2.15. The number of anilines is 2. The van der Waals surface area contributed by atoms with E-state index in [2.05, 4.69) is 17.2 Å². The number of benzene rings is 2. The molecule has 1 amide bonds. The summed E-state index contributed by atoms with van der Waals surface area (Å²) in [5, 5.41) is 2.62. The average molecular weight is 334 g/mol. The van der Waals surface area contributed by atoms with E-state index in [9.17, 15) is 4.79 Å². The Kier molecular flexibility index (Phi) is 7.13. The van der Waals surface area contributed by atoms with Gasteiger partial charge in [0.25, 0.3) is 0 Å². The van der Waals surface area contributed by atoms with Crippen molar-refractivity contribution in [3.8, 4) is 24.7 Å². The molecule has 0 atom stereocenters. The lowest BCUT2D eigenvalue weighted by molar-refractivity contribution is 0.0636. The van der Waals surface area contributed by atoms with Crippen LogP contribution in [0.4, 0.5) is 16.2 Å². The summed E-state index contributed by atoms with van der Waals surface area (Å²) < 4.78 is 5.11. The predicted octanol–water partition coefficient (Wildman–Crippen LogP) is 4.27. The van der Waals surface area contributed by atoms with Crippen LogP contribution in [0.15, 0.2) is 48.5 Å². The number of nitrogens with two attached hydrogens (primary N) is 1. The van der Waals surface area contributed by atoms with Crippen LogP contribution in [-0.2, 0) is 4.74 Å². The van der Waals surface area contributed by atoms with Crippen LogP contribution in [0.3, 0.4) is 0 Å². The fraction of sp³-hybridized carbons (Fsp3) is 0.190. The molecule has 25 heavy (non-hydrogen) atoms. The first-order valence-electron chi connectivity index (χ1n) is 7.62. The van der Waals surface area contributed by atoms with Gasteiger partial charge in [0.15, 0.2) is 0 Å². The van der Waals surface area contributed by atoms with Gasteiger partial charge in [-0.05, 0) is 57.2 Å². The van der Waals surface area contributed by atoms with Gasteiger partial charge in [-0.15, -0.1) is 12.8 Å². The lowest BCUT2D eigenvalue weighted by Crippen LogP contribution is -2.27. The van der Waals surface area contributed by atoms with Gasteiger partial charge in [-0.25, -0.2) is 4.79 Å². The zero-order valence-corrected chi connectivity index (χ0v) is 14.7. The Hall–Kier alpha value is -3.37. The molecule has 0 aliphatic carbocycles. The number of hydrogen-bond acceptors (Lipinski definition) is 3. The number of terminal acetylenes is 2. The number of nitrogens with one attached hydrogen (secondary N) is 1. The largest absolute Gasteiger partial charge is 0.444 e. The van der Waals surface area contributed by atoms with Crippen molar-refractivity contribution in [1.82, 2.24) is 0 Å². The Labute approximate surface area is 149 Å². The third-order valence-corrected chi connectivity index (χ3v) is 2.73. The minimum Gasteiger partial charge on any atom is -0.444 e. The van der Waals surface area contributed by atoms with Gasteiger partial charge >= 0.3 is 6.09 Å². The lowest BCUT2D eigenvalue weighted by Gasteiger charge is -2.19. The summed E-state index contributed by atoms with van der Waals surface area (Å²) in [6.07, 6.45) is 9.89. The summed E-state index contributed by atoms with van der Waals surface area (Å²) in [7, 11) is 0. The molecule has 0 saturated heterocycles. The third-order valence-electron chi connectivity index (χ3n) is 2.73. The molecule has 0 unspecified atom stereocenters. The number of carbonyl (C=O) groups excluding carboxylic acids is 1. The van der Waals surface area contributed by atoms with Crippen molar-refractivity contribution < 1.29 is 9.53 Å². The van der Waals surface area contributed by atoms with Crippen molar-refractivity contribution in [2.45, 2.75) is 26.4 Å². The Balaban J connectivity index is 0.000000293. The first-order chi connectivity index (χ1) is 11.7. The lowest BCUT2D eigenvalue weighted by atomic mass is 10.2. The normalized spacial score (nSPS) is 9.64. The highest BCUT2D eigenvalue weighted by atomic mass is 16.6. The van der Waals surface area contributed by atoms with Crippen LogP contribution >= 0.6 is 0 Å². The summed E-state index contributed by atoms with van der Waals surface area (Å²) in [5.41, 5.74) is 7.82. The molecular weight excluding hydrogens is 312 g/mol. The van der Waals surface area contributed by atoms with Crippen molar-refractivity contribution in [3.63, 3.8) is 0 Å². The van der Waals surface area contributed by atoms with Crippen molar-refractivity contribution >= 4 is 17.5 Å². The van der Waals surface area contributed by atoms with E-state index in [1.807, 2.05) is 32.9 Å². The predicted molar refractivity (Wildman–Crippen MR) is 103 cm³/mol. The molecule has 0 radical (unpaired) electrons. The van der Waals surface area contributed by atoms with E-state index >= 15 is 0 Å². The summed E-state index contributed by atoms with van der Waals surface area (Å²) in [4.78, 5) is 11.4.